The Kier molecular flexibility index (Phi) is 7.50. The van der Waals surface area contributed by atoms with Gasteiger partial charge in [0.25, 0.3) is 0 Å². The van der Waals surface area contributed by atoms with E-state index in [-0.39, 0.29) is 18.6 Å². The van der Waals surface area contributed by atoms with Crippen LogP contribution in [0.15, 0.2) is 18.2 Å². The Morgan fingerprint density at radius 2 is 2.16 bits per heavy atom. The molecule has 0 aliphatic carbocycles. The van der Waals surface area contributed by atoms with E-state index in [0.717, 1.165) is 5.56 Å². The molecule has 2 rings (SSSR count). The van der Waals surface area contributed by atoms with Crippen LogP contribution in [-0.2, 0) is 20.7 Å². The molecule has 1 heterocycles. The number of hydrogen-bond acceptors (Lipinski definition) is 4. The van der Waals surface area contributed by atoms with Gasteiger partial charge in [-0.15, -0.1) is 0 Å². The molecule has 0 radical (unpaired) electrons. The lowest BCUT2D eigenvalue weighted by atomic mass is 10.1. The molecular weight excluding hydrogens is 367 g/mol. The Balaban J connectivity index is 1.83. The van der Waals surface area contributed by atoms with Crippen molar-refractivity contribution < 1.29 is 19.4 Å². The summed E-state index contributed by atoms with van der Waals surface area (Å²) >= 11 is 12.0. The molecule has 138 valence electrons. The molecule has 1 aliphatic rings. The summed E-state index contributed by atoms with van der Waals surface area (Å²) < 4.78 is 5.64. The number of rotatable bonds is 7. The van der Waals surface area contributed by atoms with Crippen LogP contribution in [0.5, 0.6) is 0 Å². The van der Waals surface area contributed by atoms with Gasteiger partial charge < -0.3 is 14.7 Å². The first-order chi connectivity index (χ1) is 11.8. The van der Waals surface area contributed by atoms with Gasteiger partial charge in [-0.2, -0.15) is 0 Å². The number of carbonyl (C=O) groups excluding carboxylic acids is 1. The molecule has 1 N–H and O–H groups in total. The Morgan fingerprint density at radius 3 is 2.84 bits per heavy atom. The van der Waals surface area contributed by atoms with E-state index >= 15 is 0 Å². The molecule has 0 spiro atoms. The first-order valence-corrected chi connectivity index (χ1v) is 8.84. The molecule has 25 heavy (non-hydrogen) atoms. The summed E-state index contributed by atoms with van der Waals surface area (Å²) in [6.07, 6.45) is 0.732. The normalized spacial score (nSPS) is 17.8. The molecule has 1 saturated heterocycles. The molecule has 8 heteroatoms. The van der Waals surface area contributed by atoms with Crippen molar-refractivity contribution >= 4 is 35.1 Å². The number of likely N-dealkylation sites (N-methyl/N-ethyl adjacent to an activating group) is 1. The number of carboxylic acids is 1. The smallest absolute Gasteiger partial charge is 0.317 e. The van der Waals surface area contributed by atoms with Gasteiger partial charge in [-0.05, 0) is 31.2 Å². The highest BCUT2D eigenvalue weighted by molar-refractivity contribution is 6.35. The maximum atomic E-state index is 12.5. The van der Waals surface area contributed by atoms with Crippen molar-refractivity contribution in [1.29, 1.82) is 0 Å². The van der Waals surface area contributed by atoms with E-state index in [4.69, 9.17) is 33.0 Å². The predicted octanol–water partition coefficient (Wildman–Crippen LogP) is 2.17. The third kappa shape index (κ3) is 6.47. The summed E-state index contributed by atoms with van der Waals surface area (Å²) in [5.41, 5.74) is 0.894. The molecule has 1 amide bonds. The van der Waals surface area contributed by atoms with Crippen molar-refractivity contribution in [3.8, 4) is 0 Å². The van der Waals surface area contributed by atoms with Crippen LogP contribution < -0.4 is 0 Å². The van der Waals surface area contributed by atoms with E-state index in [1.165, 1.54) is 0 Å². The molecule has 1 fully saturated rings. The number of benzene rings is 1. The largest absolute Gasteiger partial charge is 0.480 e. The fourth-order valence-electron chi connectivity index (χ4n) is 2.82. The number of amides is 1. The van der Waals surface area contributed by atoms with Crippen molar-refractivity contribution in [2.45, 2.75) is 18.9 Å². The standard InChI is InChI=1S/C17H22Cl2N2O4/c1-20(11-17(23)24)9-14-10-21(6-7-25-14)16(22)5-3-12-2-4-13(18)8-15(12)19/h2,4,8,14H,3,5-7,9-11H2,1H3,(H,23,24)/t14-/m0/s1. The predicted molar refractivity (Wildman–Crippen MR) is 96.2 cm³/mol. The van der Waals surface area contributed by atoms with Gasteiger partial charge in [-0.1, -0.05) is 29.3 Å². The first kappa shape index (κ1) is 20.0. The molecule has 1 aromatic rings. The topological polar surface area (TPSA) is 70.1 Å². The lowest BCUT2D eigenvalue weighted by Crippen LogP contribution is -2.49. The molecule has 0 aromatic heterocycles. The summed E-state index contributed by atoms with van der Waals surface area (Å²) in [5, 5.41) is 9.94. The molecule has 0 bridgehead atoms. The third-order valence-electron chi connectivity index (χ3n) is 4.04. The summed E-state index contributed by atoms with van der Waals surface area (Å²) in [7, 11) is 1.72. The summed E-state index contributed by atoms with van der Waals surface area (Å²) in [4.78, 5) is 26.6. The Bertz CT molecular complexity index is 627. The zero-order valence-corrected chi connectivity index (χ0v) is 15.6. The maximum Gasteiger partial charge on any atom is 0.317 e. The summed E-state index contributed by atoms with van der Waals surface area (Å²) in [5.74, 6) is -0.841. The van der Waals surface area contributed by atoms with Gasteiger partial charge in [0, 0.05) is 36.1 Å². The second-order valence-corrected chi connectivity index (χ2v) is 7.00. The van der Waals surface area contributed by atoms with E-state index in [1.807, 2.05) is 6.07 Å². The highest BCUT2D eigenvalue weighted by atomic mass is 35.5. The highest BCUT2D eigenvalue weighted by Gasteiger charge is 2.25. The second kappa shape index (κ2) is 9.38. The van der Waals surface area contributed by atoms with Crippen molar-refractivity contribution in [3.63, 3.8) is 0 Å². The average molecular weight is 389 g/mol. The van der Waals surface area contributed by atoms with Crippen molar-refractivity contribution in [2.75, 3.05) is 39.8 Å². The molecule has 1 atom stereocenters. The number of aryl methyl sites for hydroxylation is 1. The van der Waals surface area contributed by atoms with Crippen LogP contribution in [0, 0.1) is 0 Å². The number of aliphatic carboxylic acids is 1. The number of nitrogens with zero attached hydrogens (tertiary/aromatic N) is 2. The van der Waals surface area contributed by atoms with E-state index in [2.05, 4.69) is 0 Å². The van der Waals surface area contributed by atoms with E-state index < -0.39 is 5.97 Å². The van der Waals surface area contributed by atoms with Crippen LogP contribution in [0.1, 0.15) is 12.0 Å². The molecular formula is C17H22Cl2N2O4. The number of morpholine rings is 1. The Hall–Kier alpha value is -1.34. The SMILES string of the molecule is CN(CC(=O)O)C[C@H]1CN(C(=O)CCc2ccc(Cl)cc2Cl)CCO1. The van der Waals surface area contributed by atoms with Crippen LogP contribution in [0.3, 0.4) is 0 Å². The molecule has 0 saturated carbocycles. The van der Waals surface area contributed by atoms with E-state index in [9.17, 15) is 9.59 Å². The van der Waals surface area contributed by atoms with Crippen LogP contribution in [0.2, 0.25) is 10.0 Å². The lowest BCUT2D eigenvalue weighted by Gasteiger charge is -2.34. The fraction of sp³-hybridized carbons (Fsp3) is 0.529. The number of carboxylic acid groups (broad SMARTS) is 1. The van der Waals surface area contributed by atoms with Crippen LogP contribution in [-0.4, -0.2) is 72.7 Å². The second-order valence-electron chi connectivity index (χ2n) is 6.16. The third-order valence-corrected chi connectivity index (χ3v) is 4.62. The van der Waals surface area contributed by atoms with Crippen molar-refractivity contribution in [1.82, 2.24) is 9.80 Å². The van der Waals surface area contributed by atoms with Gasteiger partial charge in [-0.25, -0.2) is 0 Å². The molecule has 0 unspecified atom stereocenters. The summed E-state index contributed by atoms with van der Waals surface area (Å²) in [6.45, 7) is 1.89. The van der Waals surface area contributed by atoms with Crippen LogP contribution in [0.25, 0.3) is 0 Å². The van der Waals surface area contributed by atoms with Gasteiger partial charge in [0.15, 0.2) is 0 Å². The van der Waals surface area contributed by atoms with E-state index in [0.29, 0.717) is 49.1 Å². The van der Waals surface area contributed by atoms with Crippen molar-refractivity contribution in [2.24, 2.45) is 0 Å². The van der Waals surface area contributed by atoms with Crippen LogP contribution >= 0.6 is 23.2 Å². The number of halogens is 2. The molecule has 1 aliphatic heterocycles. The first-order valence-electron chi connectivity index (χ1n) is 8.09. The van der Waals surface area contributed by atoms with Crippen LogP contribution in [0.4, 0.5) is 0 Å². The van der Waals surface area contributed by atoms with Gasteiger partial charge in [0.2, 0.25) is 5.91 Å². The average Bonchev–Trinajstić information content (AvgIpc) is 2.53. The summed E-state index contributed by atoms with van der Waals surface area (Å²) in [6, 6.07) is 5.27. The monoisotopic (exact) mass is 388 g/mol. The van der Waals surface area contributed by atoms with Gasteiger partial charge in [0.1, 0.15) is 0 Å². The Labute approximate surface area is 157 Å². The van der Waals surface area contributed by atoms with Gasteiger partial charge in [-0.3, -0.25) is 14.5 Å². The number of ether oxygens (including phenoxy) is 1. The minimum absolute atomic E-state index is 0.0419. The molecule has 6 nitrogen and oxygen atoms in total. The minimum Gasteiger partial charge on any atom is -0.480 e. The number of hydrogen-bond donors (Lipinski definition) is 1. The highest BCUT2D eigenvalue weighted by Crippen LogP contribution is 2.22. The fourth-order valence-corrected chi connectivity index (χ4v) is 3.33. The van der Waals surface area contributed by atoms with Crippen molar-refractivity contribution in [3.05, 3.63) is 33.8 Å². The lowest BCUT2D eigenvalue weighted by molar-refractivity contribution is -0.142. The Morgan fingerprint density at radius 1 is 1.40 bits per heavy atom. The molecule has 1 aromatic carbocycles. The zero-order valence-electron chi connectivity index (χ0n) is 14.1. The minimum atomic E-state index is -0.883. The number of carbonyl (C=O) groups is 2. The maximum absolute atomic E-state index is 12.5. The van der Waals surface area contributed by atoms with Gasteiger partial charge >= 0.3 is 5.97 Å². The quantitative estimate of drug-likeness (QED) is 0.774. The van der Waals surface area contributed by atoms with E-state index in [1.54, 1.807) is 29.0 Å². The zero-order chi connectivity index (χ0) is 18.4. The van der Waals surface area contributed by atoms with Gasteiger partial charge in [0.05, 0.1) is 19.3 Å².